The van der Waals surface area contributed by atoms with Crippen molar-refractivity contribution < 1.29 is 8.42 Å². The molecule has 0 fully saturated rings. The Morgan fingerprint density at radius 1 is 1.20 bits per heavy atom. The molecule has 3 aromatic rings. The molecular weight excluding hydrogens is 422 g/mol. The highest BCUT2D eigenvalue weighted by Crippen LogP contribution is 2.29. The van der Waals surface area contributed by atoms with E-state index in [0.717, 1.165) is 14.3 Å². The molecule has 0 unspecified atom stereocenters. The zero-order valence-electron chi connectivity index (χ0n) is 13.0. The first-order valence-electron chi connectivity index (χ1n) is 7.12. The minimum absolute atomic E-state index is 0.0136. The lowest BCUT2D eigenvalue weighted by Crippen LogP contribution is -2.26. The molecule has 0 radical (unpaired) electrons. The summed E-state index contributed by atoms with van der Waals surface area (Å²) in [5, 5.41) is 11.1. The minimum Gasteiger partial charge on any atom is -0.268 e. The standard InChI is InChI=1S/C17H12BrN3O2S2/c1-21(15-4-2-3-12(9-15)10-19)25(22,23)16-11-24-17(20-16)13-5-7-14(18)8-6-13/h2-9,11H,1H3. The van der Waals surface area contributed by atoms with E-state index < -0.39 is 10.0 Å². The molecule has 1 aromatic heterocycles. The summed E-state index contributed by atoms with van der Waals surface area (Å²) >= 11 is 4.64. The summed E-state index contributed by atoms with van der Waals surface area (Å²) in [7, 11) is -2.35. The number of halogens is 1. The van der Waals surface area contributed by atoms with E-state index in [0.29, 0.717) is 16.3 Å². The smallest absolute Gasteiger partial charge is 0.268 e. The van der Waals surface area contributed by atoms with Crippen LogP contribution in [0.1, 0.15) is 5.56 Å². The van der Waals surface area contributed by atoms with Gasteiger partial charge in [-0.05, 0) is 30.3 Å². The lowest BCUT2D eigenvalue weighted by atomic mass is 10.2. The van der Waals surface area contributed by atoms with Crippen molar-refractivity contribution in [3.05, 3.63) is 63.9 Å². The topological polar surface area (TPSA) is 74.1 Å². The van der Waals surface area contributed by atoms with Crippen LogP contribution in [-0.2, 0) is 10.0 Å². The van der Waals surface area contributed by atoms with Crippen molar-refractivity contribution in [1.82, 2.24) is 4.98 Å². The number of sulfonamides is 1. The van der Waals surface area contributed by atoms with Gasteiger partial charge in [-0.25, -0.2) is 4.98 Å². The minimum atomic E-state index is -3.80. The van der Waals surface area contributed by atoms with Crippen LogP contribution in [0.15, 0.2) is 63.4 Å². The maximum absolute atomic E-state index is 12.8. The fourth-order valence-electron chi connectivity index (χ4n) is 2.15. The fourth-order valence-corrected chi connectivity index (χ4v) is 4.67. The molecule has 25 heavy (non-hydrogen) atoms. The highest BCUT2D eigenvalue weighted by molar-refractivity contribution is 9.10. The lowest BCUT2D eigenvalue weighted by molar-refractivity contribution is 0.591. The van der Waals surface area contributed by atoms with E-state index in [-0.39, 0.29) is 5.03 Å². The fraction of sp³-hybridized carbons (Fsp3) is 0.0588. The highest BCUT2D eigenvalue weighted by atomic mass is 79.9. The maximum atomic E-state index is 12.8. The second-order valence-corrected chi connectivity index (χ2v) is 8.82. The number of benzene rings is 2. The number of hydrogen-bond acceptors (Lipinski definition) is 5. The van der Waals surface area contributed by atoms with Crippen molar-refractivity contribution in [1.29, 1.82) is 5.26 Å². The average molecular weight is 434 g/mol. The molecule has 0 atom stereocenters. The van der Waals surface area contributed by atoms with Crippen LogP contribution in [0.4, 0.5) is 5.69 Å². The Hall–Kier alpha value is -2.21. The Bertz CT molecular complexity index is 1050. The lowest BCUT2D eigenvalue weighted by Gasteiger charge is -2.18. The number of anilines is 1. The summed E-state index contributed by atoms with van der Waals surface area (Å²) < 4.78 is 27.7. The average Bonchev–Trinajstić information content (AvgIpc) is 3.12. The SMILES string of the molecule is CN(c1cccc(C#N)c1)S(=O)(=O)c1csc(-c2ccc(Br)cc2)n1. The normalized spacial score (nSPS) is 11.1. The molecule has 0 saturated carbocycles. The van der Waals surface area contributed by atoms with E-state index in [4.69, 9.17) is 5.26 Å². The third kappa shape index (κ3) is 3.58. The molecule has 0 amide bonds. The van der Waals surface area contributed by atoms with Crippen molar-refractivity contribution in [2.24, 2.45) is 0 Å². The van der Waals surface area contributed by atoms with Crippen LogP contribution < -0.4 is 4.31 Å². The summed E-state index contributed by atoms with van der Waals surface area (Å²) in [6.07, 6.45) is 0. The van der Waals surface area contributed by atoms with Crippen LogP contribution in [0.3, 0.4) is 0 Å². The van der Waals surface area contributed by atoms with E-state index in [1.165, 1.54) is 29.8 Å². The van der Waals surface area contributed by atoms with Crippen molar-refractivity contribution >= 4 is 43.0 Å². The quantitative estimate of drug-likeness (QED) is 0.615. The van der Waals surface area contributed by atoms with Crippen LogP contribution in [0.2, 0.25) is 0 Å². The molecule has 126 valence electrons. The second kappa shape index (κ2) is 6.96. The van der Waals surface area contributed by atoms with Gasteiger partial charge in [0.2, 0.25) is 0 Å². The third-order valence-corrected chi connectivity index (χ3v) is 6.78. The summed E-state index contributed by atoms with van der Waals surface area (Å²) in [6.45, 7) is 0. The Labute approximate surface area is 158 Å². The molecule has 0 bridgehead atoms. The molecule has 0 aliphatic rings. The molecule has 0 aliphatic heterocycles. The first kappa shape index (κ1) is 17.6. The van der Waals surface area contributed by atoms with Crippen LogP contribution in [0.5, 0.6) is 0 Å². The number of thiazole rings is 1. The Balaban J connectivity index is 1.95. The van der Waals surface area contributed by atoms with Gasteiger partial charge in [-0.2, -0.15) is 13.7 Å². The predicted octanol–water partition coefficient (Wildman–Crippen LogP) is 4.27. The molecule has 0 spiro atoms. The second-order valence-electron chi connectivity index (χ2n) is 5.13. The van der Waals surface area contributed by atoms with Gasteiger partial charge in [-0.15, -0.1) is 11.3 Å². The highest BCUT2D eigenvalue weighted by Gasteiger charge is 2.25. The molecule has 5 nitrogen and oxygen atoms in total. The summed E-state index contributed by atoms with van der Waals surface area (Å²) in [6, 6.07) is 15.9. The molecule has 2 aromatic carbocycles. The Kier molecular flexibility index (Phi) is 4.90. The van der Waals surface area contributed by atoms with Crippen LogP contribution in [-0.4, -0.2) is 20.4 Å². The largest absolute Gasteiger partial charge is 0.282 e. The first-order valence-corrected chi connectivity index (χ1v) is 10.2. The van der Waals surface area contributed by atoms with Gasteiger partial charge in [0.05, 0.1) is 17.3 Å². The molecule has 8 heteroatoms. The number of nitrogens with zero attached hydrogens (tertiary/aromatic N) is 3. The van der Waals surface area contributed by atoms with Gasteiger partial charge in [-0.1, -0.05) is 34.1 Å². The molecule has 3 rings (SSSR count). The molecule has 0 saturated heterocycles. The van der Waals surface area contributed by atoms with E-state index in [2.05, 4.69) is 20.9 Å². The van der Waals surface area contributed by atoms with Crippen LogP contribution in [0.25, 0.3) is 10.6 Å². The Morgan fingerprint density at radius 2 is 1.92 bits per heavy atom. The van der Waals surface area contributed by atoms with Gasteiger partial charge in [0, 0.05) is 22.5 Å². The van der Waals surface area contributed by atoms with Crippen LogP contribution in [0, 0.1) is 11.3 Å². The van der Waals surface area contributed by atoms with E-state index in [1.54, 1.807) is 18.2 Å². The number of nitriles is 1. The van der Waals surface area contributed by atoms with Gasteiger partial charge < -0.3 is 0 Å². The Morgan fingerprint density at radius 3 is 2.60 bits per heavy atom. The molecule has 0 aliphatic carbocycles. The summed E-state index contributed by atoms with van der Waals surface area (Å²) in [5.41, 5.74) is 1.66. The molecule has 1 heterocycles. The monoisotopic (exact) mass is 433 g/mol. The van der Waals surface area contributed by atoms with Gasteiger partial charge in [0.15, 0.2) is 5.03 Å². The zero-order valence-corrected chi connectivity index (χ0v) is 16.3. The first-order chi connectivity index (χ1) is 11.9. The predicted molar refractivity (Wildman–Crippen MR) is 102 cm³/mol. The molecular formula is C17H12BrN3O2S2. The van der Waals surface area contributed by atoms with Crippen molar-refractivity contribution in [2.75, 3.05) is 11.4 Å². The maximum Gasteiger partial charge on any atom is 0.282 e. The van der Waals surface area contributed by atoms with Crippen LogP contribution >= 0.6 is 27.3 Å². The number of aromatic nitrogens is 1. The third-order valence-electron chi connectivity index (χ3n) is 3.54. The summed E-state index contributed by atoms with van der Waals surface area (Å²) in [4.78, 5) is 4.28. The van der Waals surface area contributed by atoms with Gasteiger partial charge in [-0.3, -0.25) is 4.31 Å². The van der Waals surface area contributed by atoms with Gasteiger partial charge in [0.25, 0.3) is 10.0 Å². The van der Waals surface area contributed by atoms with Crippen molar-refractivity contribution in [2.45, 2.75) is 5.03 Å². The number of hydrogen-bond donors (Lipinski definition) is 0. The van der Waals surface area contributed by atoms with Crippen molar-refractivity contribution in [3.8, 4) is 16.6 Å². The van der Waals surface area contributed by atoms with E-state index in [1.807, 2.05) is 30.3 Å². The number of rotatable bonds is 4. The molecule has 0 N–H and O–H groups in total. The van der Waals surface area contributed by atoms with Gasteiger partial charge in [0.1, 0.15) is 5.01 Å². The van der Waals surface area contributed by atoms with E-state index >= 15 is 0 Å². The van der Waals surface area contributed by atoms with Crippen molar-refractivity contribution in [3.63, 3.8) is 0 Å². The summed E-state index contributed by atoms with van der Waals surface area (Å²) in [5.74, 6) is 0. The zero-order chi connectivity index (χ0) is 18.0. The van der Waals surface area contributed by atoms with Gasteiger partial charge >= 0.3 is 0 Å². The van der Waals surface area contributed by atoms with E-state index in [9.17, 15) is 8.42 Å².